The lowest BCUT2D eigenvalue weighted by Crippen LogP contribution is -2.27. The summed E-state index contributed by atoms with van der Waals surface area (Å²) in [6, 6.07) is 1.30. The van der Waals surface area contributed by atoms with Gasteiger partial charge in [0.05, 0.1) is 5.02 Å². The maximum absolute atomic E-state index is 11.8. The summed E-state index contributed by atoms with van der Waals surface area (Å²) in [6.07, 6.45) is 1.20. The molecule has 0 aliphatic heterocycles. The number of pyridine rings is 1. The highest BCUT2D eigenvalue weighted by Gasteiger charge is 2.16. The van der Waals surface area contributed by atoms with Crippen LogP contribution in [0.5, 0.6) is 0 Å². The molecule has 0 aliphatic rings. The Hall–Kier alpha value is -0.890. The molecule has 0 saturated carbocycles. The lowest BCUT2D eigenvalue weighted by Gasteiger charge is -2.09. The van der Waals surface area contributed by atoms with Gasteiger partial charge in [0.2, 0.25) is 10.0 Å². The standard InChI is InChI=1S/C9H15ClN4O2S/c1-6(2)4-13-17(15,16)7-3-8(10)9(14-11)12-5-7/h3,5-6,13H,4,11H2,1-2H3,(H,12,14). The van der Waals surface area contributed by atoms with Crippen LogP contribution in [0, 0.1) is 5.92 Å². The quantitative estimate of drug-likeness (QED) is 0.550. The van der Waals surface area contributed by atoms with E-state index in [-0.39, 0.29) is 21.7 Å². The first-order valence-corrected chi connectivity index (χ1v) is 6.84. The molecule has 1 aromatic heterocycles. The molecule has 0 spiro atoms. The summed E-state index contributed by atoms with van der Waals surface area (Å²) in [4.78, 5) is 3.82. The number of anilines is 1. The summed E-state index contributed by atoms with van der Waals surface area (Å²) in [6.45, 7) is 4.18. The van der Waals surface area contributed by atoms with E-state index < -0.39 is 10.0 Å². The SMILES string of the molecule is CC(C)CNS(=O)(=O)c1cnc(NN)c(Cl)c1. The second-order valence-corrected chi connectivity index (χ2v) is 6.07. The van der Waals surface area contributed by atoms with Crippen LogP contribution in [0.1, 0.15) is 13.8 Å². The molecule has 0 saturated heterocycles. The monoisotopic (exact) mass is 278 g/mol. The minimum Gasteiger partial charge on any atom is -0.307 e. The van der Waals surface area contributed by atoms with Crippen LogP contribution in [0.4, 0.5) is 5.82 Å². The number of hydrazine groups is 1. The van der Waals surface area contributed by atoms with E-state index in [2.05, 4.69) is 15.1 Å². The molecule has 0 atom stereocenters. The van der Waals surface area contributed by atoms with Gasteiger partial charge in [-0.3, -0.25) is 0 Å². The molecule has 96 valence electrons. The zero-order valence-corrected chi connectivity index (χ0v) is 11.1. The summed E-state index contributed by atoms with van der Waals surface area (Å²) < 4.78 is 26.1. The van der Waals surface area contributed by atoms with E-state index in [0.717, 1.165) is 0 Å². The number of nitrogens with zero attached hydrogens (tertiary/aromatic N) is 1. The highest BCUT2D eigenvalue weighted by Crippen LogP contribution is 2.21. The van der Waals surface area contributed by atoms with E-state index >= 15 is 0 Å². The Bertz CT molecular complexity index is 490. The third-order valence-corrected chi connectivity index (χ3v) is 3.62. The topological polar surface area (TPSA) is 97.1 Å². The molecular weight excluding hydrogens is 264 g/mol. The largest absolute Gasteiger partial charge is 0.307 e. The number of sulfonamides is 1. The molecule has 4 N–H and O–H groups in total. The van der Waals surface area contributed by atoms with E-state index in [1.807, 2.05) is 13.8 Å². The van der Waals surface area contributed by atoms with E-state index in [1.54, 1.807) is 0 Å². The zero-order chi connectivity index (χ0) is 13.1. The van der Waals surface area contributed by atoms with Crippen molar-refractivity contribution < 1.29 is 8.42 Å². The van der Waals surface area contributed by atoms with Gasteiger partial charge in [-0.1, -0.05) is 25.4 Å². The van der Waals surface area contributed by atoms with Gasteiger partial charge in [-0.25, -0.2) is 24.0 Å². The summed E-state index contributed by atoms with van der Waals surface area (Å²) in [5, 5.41) is 0.153. The van der Waals surface area contributed by atoms with Gasteiger partial charge < -0.3 is 5.43 Å². The normalized spacial score (nSPS) is 11.8. The third kappa shape index (κ3) is 3.81. The fraction of sp³-hybridized carbons (Fsp3) is 0.444. The highest BCUT2D eigenvalue weighted by atomic mass is 35.5. The average molecular weight is 279 g/mol. The Kier molecular flexibility index (Phi) is 4.70. The molecule has 1 aromatic rings. The number of hydrogen-bond donors (Lipinski definition) is 3. The molecule has 17 heavy (non-hydrogen) atoms. The van der Waals surface area contributed by atoms with Gasteiger partial charge in [-0.05, 0) is 12.0 Å². The fourth-order valence-electron chi connectivity index (χ4n) is 1.03. The molecular formula is C9H15ClN4O2S. The van der Waals surface area contributed by atoms with E-state index in [1.165, 1.54) is 12.3 Å². The maximum Gasteiger partial charge on any atom is 0.242 e. The van der Waals surface area contributed by atoms with Gasteiger partial charge in [-0.15, -0.1) is 0 Å². The molecule has 0 aromatic carbocycles. The van der Waals surface area contributed by atoms with E-state index in [9.17, 15) is 8.42 Å². The maximum atomic E-state index is 11.8. The first-order valence-electron chi connectivity index (χ1n) is 4.98. The van der Waals surface area contributed by atoms with Gasteiger partial charge in [-0.2, -0.15) is 0 Å². The van der Waals surface area contributed by atoms with Crippen LogP contribution < -0.4 is 16.0 Å². The average Bonchev–Trinajstić information content (AvgIpc) is 2.26. The lowest BCUT2D eigenvalue weighted by atomic mass is 10.2. The minimum atomic E-state index is -3.57. The summed E-state index contributed by atoms with van der Waals surface area (Å²) >= 11 is 5.80. The van der Waals surface area contributed by atoms with Crippen LogP contribution in [-0.2, 0) is 10.0 Å². The van der Waals surface area contributed by atoms with Crippen LogP contribution in [-0.4, -0.2) is 19.9 Å². The van der Waals surface area contributed by atoms with Gasteiger partial charge in [0.15, 0.2) is 5.82 Å². The first kappa shape index (κ1) is 14.2. The number of rotatable bonds is 5. The Morgan fingerprint density at radius 3 is 2.65 bits per heavy atom. The second kappa shape index (κ2) is 5.63. The van der Waals surface area contributed by atoms with Crippen LogP contribution in [0.15, 0.2) is 17.2 Å². The van der Waals surface area contributed by atoms with E-state index in [0.29, 0.717) is 6.54 Å². The smallest absolute Gasteiger partial charge is 0.242 e. The Morgan fingerprint density at radius 1 is 1.53 bits per heavy atom. The highest BCUT2D eigenvalue weighted by molar-refractivity contribution is 7.89. The molecule has 0 bridgehead atoms. The molecule has 0 radical (unpaired) electrons. The van der Waals surface area contributed by atoms with Crippen molar-refractivity contribution in [2.75, 3.05) is 12.0 Å². The van der Waals surface area contributed by atoms with Crippen molar-refractivity contribution in [1.82, 2.24) is 9.71 Å². The molecule has 0 fully saturated rings. The molecule has 0 amide bonds. The Morgan fingerprint density at radius 2 is 2.18 bits per heavy atom. The van der Waals surface area contributed by atoms with Crippen molar-refractivity contribution >= 4 is 27.4 Å². The Labute approximate surface area is 106 Å². The van der Waals surface area contributed by atoms with Gasteiger partial charge in [0, 0.05) is 12.7 Å². The van der Waals surface area contributed by atoms with Crippen LogP contribution in [0.3, 0.4) is 0 Å². The fourth-order valence-corrected chi connectivity index (χ4v) is 2.50. The molecule has 0 aliphatic carbocycles. The molecule has 8 heteroatoms. The van der Waals surface area contributed by atoms with Gasteiger partial charge in [0.25, 0.3) is 0 Å². The van der Waals surface area contributed by atoms with Crippen LogP contribution >= 0.6 is 11.6 Å². The Balaban J connectivity index is 2.96. The predicted molar refractivity (Wildman–Crippen MR) is 67.1 cm³/mol. The summed E-state index contributed by atoms with van der Waals surface area (Å²) in [5.74, 6) is 5.60. The number of nitrogen functional groups attached to an aromatic ring is 1. The van der Waals surface area contributed by atoms with Crippen LogP contribution in [0.2, 0.25) is 5.02 Å². The second-order valence-electron chi connectivity index (χ2n) is 3.89. The summed E-state index contributed by atoms with van der Waals surface area (Å²) in [5.41, 5.74) is 2.27. The minimum absolute atomic E-state index is 0.0159. The predicted octanol–water partition coefficient (Wildman–Crippen LogP) is 0.955. The van der Waals surface area contributed by atoms with Crippen LogP contribution in [0.25, 0.3) is 0 Å². The molecule has 1 heterocycles. The van der Waals surface area contributed by atoms with Crippen molar-refractivity contribution in [2.24, 2.45) is 11.8 Å². The lowest BCUT2D eigenvalue weighted by molar-refractivity contribution is 0.560. The van der Waals surface area contributed by atoms with Crippen molar-refractivity contribution in [3.05, 3.63) is 17.3 Å². The van der Waals surface area contributed by atoms with Gasteiger partial charge >= 0.3 is 0 Å². The molecule has 1 rings (SSSR count). The van der Waals surface area contributed by atoms with E-state index in [4.69, 9.17) is 17.4 Å². The number of aromatic nitrogens is 1. The van der Waals surface area contributed by atoms with Crippen molar-refractivity contribution in [2.45, 2.75) is 18.7 Å². The van der Waals surface area contributed by atoms with Crippen molar-refractivity contribution in [1.29, 1.82) is 0 Å². The van der Waals surface area contributed by atoms with Crippen molar-refractivity contribution in [3.63, 3.8) is 0 Å². The number of nitrogens with one attached hydrogen (secondary N) is 2. The van der Waals surface area contributed by atoms with Crippen molar-refractivity contribution in [3.8, 4) is 0 Å². The molecule has 6 nitrogen and oxygen atoms in total. The molecule has 0 unspecified atom stereocenters. The third-order valence-electron chi connectivity index (χ3n) is 1.94. The zero-order valence-electron chi connectivity index (χ0n) is 9.57. The first-order chi connectivity index (χ1) is 7.86. The summed E-state index contributed by atoms with van der Waals surface area (Å²) in [7, 11) is -3.57. The van der Waals surface area contributed by atoms with Gasteiger partial charge in [0.1, 0.15) is 4.90 Å². The number of halogens is 1. The number of hydrogen-bond acceptors (Lipinski definition) is 5. The number of nitrogens with two attached hydrogens (primary N) is 1.